The van der Waals surface area contributed by atoms with Crippen molar-refractivity contribution in [2.24, 2.45) is 5.10 Å². The molecule has 1 N–H and O–H groups in total. The molecule has 2 aromatic rings. The van der Waals surface area contributed by atoms with E-state index < -0.39 is 4.92 Å². The van der Waals surface area contributed by atoms with E-state index in [0.717, 1.165) is 38.4 Å². The maximum Gasteiger partial charge on any atom is 0.271 e. The van der Waals surface area contributed by atoms with Crippen LogP contribution in [0.3, 0.4) is 0 Å². The molecule has 3 rings (SSSR count). The van der Waals surface area contributed by atoms with E-state index in [-0.39, 0.29) is 11.6 Å². The van der Waals surface area contributed by atoms with Crippen LogP contribution in [0.15, 0.2) is 53.6 Å². The largest absolute Gasteiger partial charge is 0.379 e. The normalized spacial score (nSPS) is 15.2. The lowest BCUT2D eigenvalue weighted by Crippen LogP contribution is -2.35. The number of benzene rings is 2. The van der Waals surface area contributed by atoms with Crippen LogP contribution in [-0.4, -0.2) is 47.7 Å². The molecule has 146 valence electrons. The number of carbonyl (C=O) groups excluding carboxylic acids is 1. The lowest BCUT2D eigenvalue weighted by Gasteiger charge is -2.26. The third-order valence-electron chi connectivity index (χ3n) is 4.55. The molecule has 1 aliphatic heterocycles. The molecule has 0 aliphatic carbocycles. The van der Waals surface area contributed by atoms with Gasteiger partial charge in [0.25, 0.3) is 11.6 Å². The fourth-order valence-corrected chi connectivity index (χ4v) is 2.87. The van der Waals surface area contributed by atoms with Gasteiger partial charge in [-0.05, 0) is 42.3 Å². The predicted molar refractivity (Wildman–Crippen MR) is 105 cm³/mol. The highest BCUT2D eigenvalue weighted by Gasteiger charge is 2.11. The molecule has 0 atom stereocenters. The van der Waals surface area contributed by atoms with Gasteiger partial charge in [-0.1, -0.05) is 12.1 Å². The zero-order chi connectivity index (χ0) is 19.9. The third kappa shape index (κ3) is 5.21. The van der Waals surface area contributed by atoms with Gasteiger partial charge >= 0.3 is 0 Å². The fraction of sp³-hybridized carbons (Fsp3) is 0.300. The van der Waals surface area contributed by atoms with E-state index in [2.05, 4.69) is 15.4 Å². The Kier molecular flexibility index (Phi) is 6.46. The summed E-state index contributed by atoms with van der Waals surface area (Å²) in [6, 6.07) is 13.5. The smallest absolute Gasteiger partial charge is 0.271 e. The molecule has 0 aromatic heterocycles. The molecule has 0 radical (unpaired) electrons. The second-order valence-electron chi connectivity index (χ2n) is 6.53. The Bertz CT molecular complexity index is 857. The summed E-state index contributed by atoms with van der Waals surface area (Å²) in [7, 11) is 0. The van der Waals surface area contributed by atoms with Crippen LogP contribution < -0.4 is 5.43 Å². The van der Waals surface area contributed by atoms with Crippen LogP contribution in [0.25, 0.3) is 0 Å². The number of amides is 1. The van der Waals surface area contributed by atoms with E-state index >= 15 is 0 Å². The molecule has 0 bridgehead atoms. The van der Waals surface area contributed by atoms with Crippen LogP contribution in [0.1, 0.15) is 28.4 Å². The van der Waals surface area contributed by atoms with Crippen molar-refractivity contribution < 1.29 is 14.5 Å². The molecule has 0 saturated carbocycles. The Labute approximate surface area is 163 Å². The minimum Gasteiger partial charge on any atom is -0.379 e. The first-order valence-corrected chi connectivity index (χ1v) is 9.01. The SMILES string of the molecule is CC(=NNC(=O)c1ccc(CN2CCOCC2)cc1)c1ccc([N+](=O)[O-])cc1. The van der Waals surface area contributed by atoms with Crippen molar-refractivity contribution in [3.05, 3.63) is 75.3 Å². The molecule has 0 unspecified atom stereocenters. The highest BCUT2D eigenvalue weighted by atomic mass is 16.6. The quantitative estimate of drug-likeness (QED) is 0.470. The number of hydrogen-bond acceptors (Lipinski definition) is 6. The number of carbonyl (C=O) groups is 1. The number of nitrogens with one attached hydrogen (secondary N) is 1. The van der Waals surface area contributed by atoms with Crippen molar-refractivity contribution in [1.29, 1.82) is 0 Å². The van der Waals surface area contributed by atoms with E-state index in [1.54, 1.807) is 31.2 Å². The minimum absolute atomic E-state index is 0.0118. The molecule has 1 fully saturated rings. The molecule has 1 heterocycles. The molecular formula is C20H22N4O4. The van der Waals surface area contributed by atoms with E-state index in [4.69, 9.17) is 4.74 Å². The zero-order valence-corrected chi connectivity index (χ0v) is 15.6. The number of nitro benzene ring substituents is 1. The molecule has 1 amide bonds. The van der Waals surface area contributed by atoms with Crippen molar-refractivity contribution in [1.82, 2.24) is 10.3 Å². The first-order valence-electron chi connectivity index (χ1n) is 9.01. The van der Waals surface area contributed by atoms with Gasteiger partial charge in [-0.3, -0.25) is 19.8 Å². The van der Waals surface area contributed by atoms with Crippen LogP contribution in [0.5, 0.6) is 0 Å². The van der Waals surface area contributed by atoms with Gasteiger partial charge in [0, 0.05) is 37.3 Å². The van der Waals surface area contributed by atoms with Gasteiger partial charge < -0.3 is 4.74 Å². The minimum atomic E-state index is -0.458. The summed E-state index contributed by atoms with van der Waals surface area (Å²) in [5.41, 5.74) is 5.46. The number of nitro groups is 1. The number of non-ortho nitro benzene ring substituents is 1. The van der Waals surface area contributed by atoms with Crippen LogP contribution in [0.4, 0.5) is 5.69 Å². The van der Waals surface area contributed by atoms with Gasteiger partial charge in [0.2, 0.25) is 0 Å². The van der Waals surface area contributed by atoms with Crippen molar-refractivity contribution in [2.45, 2.75) is 13.5 Å². The van der Waals surface area contributed by atoms with E-state index in [0.29, 0.717) is 16.8 Å². The molecule has 28 heavy (non-hydrogen) atoms. The Hall–Kier alpha value is -3.10. The standard InChI is InChI=1S/C20H22N4O4/c1-15(17-6-8-19(9-7-17)24(26)27)21-22-20(25)18-4-2-16(3-5-18)14-23-10-12-28-13-11-23/h2-9H,10-14H2,1H3,(H,22,25). The molecule has 1 saturated heterocycles. The van der Waals surface area contributed by atoms with Gasteiger partial charge in [0.1, 0.15) is 0 Å². The Morgan fingerprint density at radius 3 is 2.32 bits per heavy atom. The summed E-state index contributed by atoms with van der Waals surface area (Å²) >= 11 is 0. The highest BCUT2D eigenvalue weighted by molar-refractivity contribution is 6.00. The van der Waals surface area contributed by atoms with Crippen molar-refractivity contribution in [3.63, 3.8) is 0 Å². The molecule has 1 aliphatic rings. The Morgan fingerprint density at radius 2 is 1.71 bits per heavy atom. The predicted octanol–water partition coefficient (Wildman–Crippen LogP) is 2.58. The zero-order valence-electron chi connectivity index (χ0n) is 15.6. The van der Waals surface area contributed by atoms with Crippen LogP contribution >= 0.6 is 0 Å². The van der Waals surface area contributed by atoms with Crippen molar-refractivity contribution in [2.75, 3.05) is 26.3 Å². The number of morpholine rings is 1. The van der Waals surface area contributed by atoms with Crippen LogP contribution in [0.2, 0.25) is 0 Å². The van der Waals surface area contributed by atoms with Crippen LogP contribution in [-0.2, 0) is 11.3 Å². The summed E-state index contributed by atoms with van der Waals surface area (Å²) in [4.78, 5) is 24.8. The lowest BCUT2D eigenvalue weighted by atomic mass is 10.1. The van der Waals surface area contributed by atoms with Crippen LogP contribution in [0, 0.1) is 10.1 Å². The number of hydrogen-bond donors (Lipinski definition) is 1. The molecule has 0 spiro atoms. The van der Waals surface area contributed by atoms with E-state index in [1.165, 1.54) is 12.1 Å². The third-order valence-corrected chi connectivity index (χ3v) is 4.55. The molecule has 8 nitrogen and oxygen atoms in total. The summed E-state index contributed by atoms with van der Waals surface area (Å²) < 4.78 is 5.35. The number of nitrogens with zero attached hydrogens (tertiary/aromatic N) is 3. The monoisotopic (exact) mass is 382 g/mol. The Balaban J connectivity index is 1.57. The number of ether oxygens (including phenoxy) is 1. The van der Waals surface area contributed by atoms with Gasteiger partial charge in [-0.2, -0.15) is 5.10 Å². The average molecular weight is 382 g/mol. The van der Waals surface area contributed by atoms with Gasteiger partial charge in [-0.25, -0.2) is 5.43 Å². The molecule has 8 heteroatoms. The summed E-state index contributed by atoms with van der Waals surface area (Å²) in [5, 5.41) is 14.8. The second-order valence-corrected chi connectivity index (χ2v) is 6.53. The van der Waals surface area contributed by atoms with Crippen molar-refractivity contribution >= 4 is 17.3 Å². The fourth-order valence-electron chi connectivity index (χ4n) is 2.87. The van der Waals surface area contributed by atoms with E-state index in [9.17, 15) is 14.9 Å². The maximum atomic E-state index is 12.3. The number of rotatable bonds is 6. The molecule has 2 aromatic carbocycles. The van der Waals surface area contributed by atoms with Gasteiger partial charge in [0.15, 0.2) is 0 Å². The van der Waals surface area contributed by atoms with Crippen molar-refractivity contribution in [3.8, 4) is 0 Å². The maximum absolute atomic E-state index is 12.3. The van der Waals surface area contributed by atoms with Gasteiger partial charge in [-0.15, -0.1) is 0 Å². The first kappa shape index (κ1) is 19.7. The van der Waals surface area contributed by atoms with Gasteiger partial charge in [0.05, 0.1) is 23.8 Å². The van der Waals surface area contributed by atoms with E-state index in [1.807, 2.05) is 12.1 Å². The Morgan fingerprint density at radius 1 is 1.11 bits per heavy atom. The second kappa shape index (κ2) is 9.20. The summed E-state index contributed by atoms with van der Waals surface area (Å²) in [5.74, 6) is -0.306. The lowest BCUT2D eigenvalue weighted by molar-refractivity contribution is -0.384. The first-order chi connectivity index (χ1) is 13.5. The highest BCUT2D eigenvalue weighted by Crippen LogP contribution is 2.13. The topological polar surface area (TPSA) is 97.1 Å². The summed E-state index contributed by atoms with van der Waals surface area (Å²) in [6.07, 6.45) is 0. The molecular weight excluding hydrogens is 360 g/mol. The number of hydrazone groups is 1. The summed E-state index contributed by atoms with van der Waals surface area (Å²) in [6.45, 7) is 5.91. The average Bonchev–Trinajstić information content (AvgIpc) is 2.73.